The zero-order valence-corrected chi connectivity index (χ0v) is 15.4. The number of halogens is 2. The van der Waals surface area contributed by atoms with Crippen LogP contribution in [-0.2, 0) is 0 Å². The van der Waals surface area contributed by atoms with E-state index < -0.39 is 11.6 Å². The number of benzene rings is 1. The van der Waals surface area contributed by atoms with Gasteiger partial charge < -0.3 is 15.0 Å². The lowest BCUT2D eigenvalue weighted by atomic mass is 9.90. The number of H-pyrrole nitrogens is 1. The van der Waals surface area contributed by atoms with E-state index in [0.29, 0.717) is 47.1 Å². The molecule has 1 aliphatic heterocycles. The lowest BCUT2D eigenvalue weighted by Gasteiger charge is -2.32. The van der Waals surface area contributed by atoms with Gasteiger partial charge in [0.2, 0.25) is 0 Å². The summed E-state index contributed by atoms with van der Waals surface area (Å²) in [6.45, 7) is 4.99. The minimum Gasteiger partial charge on any atom is -0.492 e. The molecule has 6 heteroatoms. The van der Waals surface area contributed by atoms with E-state index >= 15 is 0 Å². The summed E-state index contributed by atoms with van der Waals surface area (Å²) >= 11 is 0. The van der Waals surface area contributed by atoms with Crippen LogP contribution in [0.5, 0.6) is 5.75 Å². The first-order valence-electron chi connectivity index (χ1n) is 9.31. The Morgan fingerprint density at radius 3 is 2.52 bits per heavy atom. The van der Waals surface area contributed by atoms with Crippen LogP contribution in [0.2, 0.25) is 0 Å². The van der Waals surface area contributed by atoms with Crippen molar-refractivity contribution < 1.29 is 13.5 Å². The summed E-state index contributed by atoms with van der Waals surface area (Å²) < 4.78 is 33.5. The molecule has 4 rings (SSSR count). The maximum atomic E-state index is 13.7. The molecule has 0 radical (unpaired) electrons. The van der Waals surface area contributed by atoms with Crippen LogP contribution in [0, 0.1) is 17.6 Å². The molecule has 1 fully saturated rings. The van der Waals surface area contributed by atoms with E-state index in [-0.39, 0.29) is 0 Å². The van der Waals surface area contributed by atoms with Gasteiger partial charge in [0.1, 0.15) is 23.0 Å². The van der Waals surface area contributed by atoms with Crippen molar-refractivity contribution in [2.75, 3.05) is 6.61 Å². The zero-order valence-electron chi connectivity index (χ0n) is 15.4. The van der Waals surface area contributed by atoms with Crippen LogP contribution in [0.25, 0.3) is 22.2 Å². The highest BCUT2D eigenvalue weighted by molar-refractivity contribution is 5.98. The van der Waals surface area contributed by atoms with Crippen LogP contribution in [0.4, 0.5) is 8.78 Å². The molecule has 0 bridgehead atoms. The zero-order chi connectivity index (χ0) is 19.0. The second-order valence-electron chi connectivity index (χ2n) is 7.51. The number of piperidine rings is 1. The fraction of sp³-hybridized carbons (Fsp3) is 0.381. The molecule has 1 saturated heterocycles. The number of aromatic nitrogens is 2. The van der Waals surface area contributed by atoms with E-state index in [9.17, 15) is 8.78 Å². The third-order valence-corrected chi connectivity index (χ3v) is 5.13. The highest BCUT2D eigenvalue weighted by Crippen LogP contribution is 2.35. The number of hydrogen-bond acceptors (Lipinski definition) is 3. The summed E-state index contributed by atoms with van der Waals surface area (Å²) in [4.78, 5) is 7.39. The van der Waals surface area contributed by atoms with Crippen molar-refractivity contribution in [3.63, 3.8) is 0 Å². The number of hydrogen-bond donors (Lipinski definition) is 2. The highest BCUT2D eigenvalue weighted by atomic mass is 19.1. The van der Waals surface area contributed by atoms with Gasteiger partial charge in [-0.1, -0.05) is 0 Å². The van der Waals surface area contributed by atoms with Crippen LogP contribution in [-0.4, -0.2) is 28.7 Å². The Morgan fingerprint density at radius 1 is 1.11 bits per heavy atom. The van der Waals surface area contributed by atoms with Gasteiger partial charge in [-0.05, 0) is 56.4 Å². The Bertz CT molecular complexity index is 925. The summed E-state index contributed by atoms with van der Waals surface area (Å²) in [5.41, 5.74) is 1.78. The summed E-state index contributed by atoms with van der Waals surface area (Å²) in [6, 6.07) is 6.25. The third-order valence-electron chi connectivity index (χ3n) is 5.13. The topological polar surface area (TPSA) is 49.9 Å². The first kappa shape index (κ1) is 17.9. The Balaban J connectivity index is 1.64. The number of aromatic amines is 1. The number of rotatable bonds is 4. The van der Waals surface area contributed by atoms with Gasteiger partial charge in [0.05, 0.1) is 12.0 Å². The van der Waals surface area contributed by atoms with Crippen molar-refractivity contribution >= 4 is 11.0 Å². The molecule has 3 heterocycles. The van der Waals surface area contributed by atoms with Crippen LogP contribution < -0.4 is 10.1 Å². The Hall–Kier alpha value is -2.47. The largest absolute Gasteiger partial charge is 0.492 e. The van der Waals surface area contributed by atoms with Crippen LogP contribution in [0.3, 0.4) is 0 Å². The van der Waals surface area contributed by atoms with Gasteiger partial charge in [0.15, 0.2) is 0 Å². The predicted octanol–water partition coefficient (Wildman–Crippen LogP) is 4.66. The number of ether oxygens (including phenoxy) is 1. The first-order valence-corrected chi connectivity index (χ1v) is 9.31. The van der Waals surface area contributed by atoms with Crippen molar-refractivity contribution in [2.24, 2.45) is 5.92 Å². The molecule has 0 spiro atoms. The molecule has 2 aromatic heterocycles. The average molecular weight is 371 g/mol. The lowest BCUT2D eigenvalue weighted by Crippen LogP contribution is -2.43. The maximum absolute atomic E-state index is 13.7. The summed E-state index contributed by atoms with van der Waals surface area (Å²) in [5, 5.41) is 4.28. The maximum Gasteiger partial charge on any atom is 0.141 e. The SMILES string of the molecule is CC1CC(COc2ccnc3[nH]cc(-c4cc(F)cc(F)c4)c23)CC(C)N1. The first-order chi connectivity index (χ1) is 13.0. The van der Waals surface area contributed by atoms with Crippen LogP contribution >= 0.6 is 0 Å². The fourth-order valence-electron chi connectivity index (χ4n) is 4.15. The Kier molecular flexibility index (Phi) is 4.83. The second-order valence-corrected chi connectivity index (χ2v) is 7.51. The highest BCUT2D eigenvalue weighted by Gasteiger charge is 2.24. The number of fused-ring (bicyclic) bond motifs is 1. The quantitative estimate of drug-likeness (QED) is 0.701. The van der Waals surface area contributed by atoms with Gasteiger partial charge in [-0.25, -0.2) is 13.8 Å². The van der Waals surface area contributed by atoms with Gasteiger partial charge in [-0.3, -0.25) is 0 Å². The Morgan fingerprint density at radius 2 is 1.81 bits per heavy atom. The van der Waals surface area contributed by atoms with Crippen molar-refractivity contribution in [1.82, 2.24) is 15.3 Å². The fourth-order valence-corrected chi connectivity index (χ4v) is 4.15. The molecular weight excluding hydrogens is 348 g/mol. The standard InChI is InChI=1S/C21H23F2N3O/c1-12-5-14(6-13(2)26-12)11-27-19-3-4-24-21-20(19)18(10-25-21)15-7-16(22)9-17(23)8-15/h3-4,7-10,12-14,26H,5-6,11H2,1-2H3,(H,24,25). The van der Waals surface area contributed by atoms with Gasteiger partial charge in [-0.2, -0.15) is 0 Å². The molecule has 2 N–H and O–H groups in total. The van der Waals surface area contributed by atoms with E-state index in [1.54, 1.807) is 12.4 Å². The molecule has 3 aromatic rings. The molecule has 0 saturated carbocycles. The van der Waals surface area contributed by atoms with E-state index in [2.05, 4.69) is 29.1 Å². The molecule has 0 amide bonds. The molecule has 142 valence electrons. The van der Waals surface area contributed by atoms with Gasteiger partial charge >= 0.3 is 0 Å². The number of nitrogens with one attached hydrogen (secondary N) is 2. The van der Waals surface area contributed by atoms with Crippen molar-refractivity contribution in [3.8, 4) is 16.9 Å². The minimum absolute atomic E-state index is 0.459. The van der Waals surface area contributed by atoms with Crippen LogP contribution in [0.15, 0.2) is 36.7 Å². The third kappa shape index (κ3) is 3.81. The smallest absolute Gasteiger partial charge is 0.141 e. The molecule has 1 aliphatic rings. The summed E-state index contributed by atoms with van der Waals surface area (Å²) in [6.07, 6.45) is 5.52. The monoisotopic (exact) mass is 371 g/mol. The predicted molar refractivity (Wildman–Crippen MR) is 102 cm³/mol. The molecule has 1 aromatic carbocycles. The second kappa shape index (κ2) is 7.27. The molecular formula is C21H23F2N3O. The number of pyridine rings is 1. The Labute approximate surface area is 157 Å². The lowest BCUT2D eigenvalue weighted by molar-refractivity contribution is 0.176. The molecule has 4 nitrogen and oxygen atoms in total. The number of nitrogens with zero attached hydrogens (tertiary/aromatic N) is 1. The average Bonchev–Trinajstić information content (AvgIpc) is 3.03. The van der Waals surface area contributed by atoms with Gasteiger partial charge in [0, 0.05) is 36.1 Å². The molecule has 27 heavy (non-hydrogen) atoms. The molecule has 0 aliphatic carbocycles. The normalized spacial score (nSPS) is 22.9. The van der Waals surface area contributed by atoms with Crippen LogP contribution in [0.1, 0.15) is 26.7 Å². The summed E-state index contributed by atoms with van der Waals surface area (Å²) in [7, 11) is 0. The van der Waals surface area contributed by atoms with E-state index in [4.69, 9.17) is 4.74 Å². The molecule has 2 unspecified atom stereocenters. The van der Waals surface area contributed by atoms with Crippen molar-refractivity contribution in [2.45, 2.75) is 38.8 Å². The van der Waals surface area contributed by atoms with Gasteiger partial charge in [0.25, 0.3) is 0 Å². The summed E-state index contributed by atoms with van der Waals surface area (Å²) in [5.74, 6) is -0.0694. The molecule has 2 atom stereocenters. The van der Waals surface area contributed by atoms with E-state index in [0.717, 1.165) is 24.3 Å². The van der Waals surface area contributed by atoms with E-state index in [1.807, 2.05) is 6.07 Å². The van der Waals surface area contributed by atoms with E-state index in [1.165, 1.54) is 12.1 Å². The van der Waals surface area contributed by atoms with Crippen molar-refractivity contribution in [1.29, 1.82) is 0 Å². The van der Waals surface area contributed by atoms with Gasteiger partial charge in [-0.15, -0.1) is 0 Å². The van der Waals surface area contributed by atoms with Crippen molar-refractivity contribution in [3.05, 3.63) is 48.3 Å². The minimum atomic E-state index is -0.608.